The fourth-order valence-corrected chi connectivity index (χ4v) is 1.24. The Morgan fingerprint density at radius 3 is 2.78 bits per heavy atom. The summed E-state index contributed by atoms with van der Waals surface area (Å²) in [4.78, 5) is 29.6. The topological polar surface area (TPSA) is 101 Å². The number of carbonyl (C=O) groups is 2. The maximum atomic E-state index is 11.4. The number of aromatic nitrogens is 2. The molecular formula is C10H12ClN3O4. The van der Waals surface area contributed by atoms with E-state index in [0.717, 1.165) is 0 Å². The number of esters is 1. The lowest BCUT2D eigenvalue weighted by atomic mass is 10.3. The van der Waals surface area contributed by atoms with E-state index in [-0.39, 0.29) is 23.3 Å². The maximum Gasteiger partial charge on any atom is 0.342 e. The lowest BCUT2D eigenvalue weighted by Crippen LogP contribution is -2.26. The molecule has 18 heavy (non-hydrogen) atoms. The summed E-state index contributed by atoms with van der Waals surface area (Å²) in [5, 5.41) is 11.1. The molecule has 0 spiro atoms. The standard InChI is InChI=1S/C10H12ClN3O4/c1-3-18-9(17)6-4-12-10(14-7(6)11)13-5(2)8(15)16/h4-5H,3H2,1-2H3,(H,15,16)(H,12,13,14)/t5-/m0/s1. The summed E-state index contributed by atoms with van der Waals surface area (Å²) in [6, 6.07) is -0.866. The zero-order valence-corrected chi connectivity index (χ0v) is 10.6. The van der Waals surface area contributed by atoms with E-state index in [0.29, 0.717) is 0 Å². The minimum absolute atomic E-state index is 0.0305. The first kappa shape index (κ1) is 14.2. The molecular weight excluding hydrogens is 262 g/mol. The second-order valence-electron chi connectivity index (χ2n) is 3.32. The molecule has 1 rings (SSSR count). The highest BCUT2D eigenvalue weighted by atomic mass is 35.5. The molecule has 98 valence electrons. The molecule has 0 fully saturated rings. The van der Waals surface area contributed by atoms with Gasteiger partial charge in [0.05, 0.1) is 6.61 Å². The van der Waals surface area contributed by atoms with E-state index in [2.05, 4.69) is 15.3 Å². The summed E-state index contributed by atoms with van der Waals surface area (Å²) in [5.41, 5.74) is 0.0343. The first-order valence-electron chi connectivity index (χ1n) is 5.14. The molecule has 7 nitrogen and oxygen atoms in total. The van der Waals surface area contributed by atoms with Crippen LogP contribution in [0.2, 0.25) is 5.15 Å². The first-order valence-corrected chi connectivity index (χ1v) is 5.52. The highest BCUT2D eigenvalue weighted by molar-refractivity contribution is 6.32. The summed E-state index contributed by atoms with van der Waals surface area (Å²) in [6.45, 7) is 3.31. The van der Waals surface area contributed by atoms with Crippen molar-refractivity contribution in [2.24, 2.45) is 0 Å². The zero-order chi connectivity index (χ0) is 13.7. The maximum absolute atomic E-state index is 11.4. The Hall–Kier alpha value is -1.89. The van der Waals surface area contributed by atoms with Gasteiger partial charge < -0.3 is 15.2 Å². The molecule has 0 aromatic carbocycles. The van der Waals surface area contributed by atoms with E-state index in [9.17, 15) is 9.59 Å². The molecule has 0 aliphatic rings. The molecule has 0 amide bonds. The van der Waals surface area contributed by atoms with E-state index >= 15 is 0 Å². The third-order valence-electron chi connectivity index (χ3n) is 1.95. The van der Waals surface area contributed by atoms with Crippen LogP contribution >= 0.6 is 11.6 Å². The van der Waals surface area contributed by atoms with E-state index in [1.807, 2.05) is 0 Å². The van der Waals surface area contributed by atoms with Crippen molar-refractivity contribution in [3.8, 4) is 0 Å². The molecule has 0 aliphatic carbocycles. The van der Waals surface area contributed by atoms with Gasteiger partial charge in [0.15, 0.2) is 0 Å². The van der Waals surface area contributed by atoms with Crippen LogP contribution in [0.3, 0.4) is 0 Å². The lowest BCUT2D eigenvalue weighted by Gasteiger charge is -2.09. The van der Waals surface area contributed by atoms with Crippen LogP contribution in [-0.2, 0) is 9.53 Å². The van der Waals surface area contributed by atoms with Crippen molar-refractivity contribution in [2.45, 2.75) is 19.9 Å². The molecule has 1 heterocycles. The third-order valence-corrected chi connectivity index (χ3v) is 2.24. The predicted octanol–water partition coefficient (Wildman–Crippen LogP) is 1.19. The van der Waals surface area contributed by atoms with Crippen molar-refractivity contribution in [2.75, 3.05) is 11.9 Å². The Kier molecular flexibility index (Phi) is 4.85. The number of hydrogen-bond donors (Lipinski definition) is 2. The number of carboxylic acid groups (broad SMARTS) is 1. The number of ether oxygens (including phenoxy) is 1. The Bertz CT molecular complexity index is 466. The molecule has 1 atom stereocenters. The number of rotatable bonds is 5. The average Bonchev–Trinajstić information content (AvgIpc) is 2.29. The van der Waals surface area contributed by atoms with Crippen LogP contribution in [0, 0.1) is 0 Å². The van der Waals surface area contributed by atoms with Crippen molar-refractivity contribution in [3.63, 3.8) is 0 Å². The number of nitrogens with zero attached hydrogens (tertiary/aromatic N) is 2. The highest BCUT2D eigenvalue weighted by Crippen LogP contribution is 2.15. The molecule has 0 radical (unpaired) electrons. The molecule has 1 aromatic rings. The first-order chi connectivity index (χ1) is 8.45. The van der Waals surface area contributed by atoms with Crippen LogP contribution in [0.1, 0.15) is 24.2 Å². The van der Waals surface area contributed by atoms with Gasteiger partial charge in [-0.05, 0) is 13.8 Å². The van der Waals surface area contributed by atoms with Crippen molar-refractivity contribution >= 4 is 29.5 Å². The summed E-state index contributed by atoms with van der Waals surface area (Å²) >= 11 is 5.78. The van der Waals surface area contributed by atoms with Crippen molar-refractivity contribution in [3.05, 3.63) is 16.9 Å². The van der Waals surface area contributed by atoms with Crippen LogP contribution in [-0.4, -0.2) is 39.7 Å². The van der Waals surface area contributed by atoms with E-state index in [4.69, 9.17) is 21.4 Å². The molecule has 0 saturated heterocycles. The van der Waals surface area contributed by atoms with Crippen LogP contribution in [0.5, 0.6) is 0 Å². The number of nitrogens with one attached hydrogen (secondary N) is 1. The van der Waals surface area contributed by atoms with Gasteiger partial charge in [0, 0.05) is 6.20 Å². The molecule has 0 saturated carbocycles. The van der Waals surface area contributed by atoms with Gasteiger partial charge in [0.2, 0.25) is 5.95 Å². The number of halogens is 1. The van der Waals surface area contributed by atoms with Gasteiger partial charge in [-0.15, -0.1) is 0 Å². The normalized spacial score (nSPS) is 11.7. The van der Waals surface area contributed by atoms with E-state index in [1.54, 1.807) is 6.92 Å². The highest BCUT2D eigenvalue weighted by Gasteiger charge is 2.16. The second-order valence-corrected chi connectivity index (χ2v) is 3.68. The third kappa shape index (κ3) is 3.56. The van der Waals surface area contributed by atoms with Crippen LogP contribution < -0.4 is 5.32 Å². The van der Waals surface area contributed by atoms with Gasteiger partial charge in [0.1, 0.15) is 16.8 Å². The number of hydrogen-bond acceptors (Lipinski definition) is 6. The smallest absolute Gasteiger partial charge is 0.342 e. The van der Waals surface area contributed by atoms with Gasteiger partial charge in [-0.25, -0.2) is 14.8 Å². The Labute approximate surface area is 108 Å². The van der Waals surface area contributed by atoms with E-state index in [1.165, 1.54) is 13.1 Å². The van der Waals surface area contributed by atoms with Gasteiger partial charge in [-0.1, -0.05) is 11.6 Å². The summed E-state index contributed by atoms with van der Waals surface area (Å²) in [5.74, 6) is -1.65. The Morgan fingerprint density at radius 2 is 2.28 bits per heavy atom. The minimum atomic E-state index is -1.05. The van der Waals surface area contributed by atoms with Gasteiger partial charge in [0.25, 0.3) is 0 Å². The SMILES string of the molecule is CCOC(=O)c1cnc(N[C@@H](C)C(=O)O)nc1Cl. The molecule has 8 heteroatoms. The monoisotopic (exact) mass is 273 g/mol. The van der Waals surface area contributed by atoms with Crippen molar-refractivity contribution in [1.82, 2.24) is 9.97 Å². The second kappa shape index (κ2) is 6.15. The number of anilines is 1. The van der Waals surface area contributed by atoms with Crippen LogP contribution in [0.4, 0.5) is 5.95 Å². The largest absolute Gasteiger partial charge is 0.480 e. The fraction of sp³-hybridized carbons (Fsp3) is 0.400. The summed E-state index contributed by atoms with van der Waals surface area (Å²) in [6.07, 6.45) is 1.18. The predicted molar refractivity (Wildman–Crippen MR) is 63.7 cm³/mol. The minimum Gasteiger partial charge on any atom is -0.480 e. The van der Waals surface area contributed by atoms with Gasteiger partial charge in [-0.2, -0.15) is 0 Å². The molecule has 0 aliphatic heterocycles. The Morgan fingerprint density at radius 1 is 1.61 bits per heavy atom. The number of carbonyl (C=O) groups excluding carboxylic acids is 1. The molecule has 0 bridgehead atoms. The van der Waals surface area contributed by atoms with Gasteiger partial charge in [-0.3, -0.25) is 4.79 Å². The quantitative estimate of drug-likeness (QED) is 0.614. The zero-order valence-electron chi connectivity index (χ0n) is 9.81. The number of aliphatic carboxylic acids is 1. The fourth-order valence-electron chi connectivity index (χ4n) is 1.03. The van der Waals surface area contributed by atoms with E-state index < -0.39 is 18.0 Å². The summed E-state index contributed by atoms with van der Waals surface area (Å²) < 4.78 is 4.75. The van der Waals surface area contributed by atoms with Crippen molar-refractivity contribution in [1.29, 1.82) is 0 Å². The molecule has 1 aromatic heterocycles. The van der Waals surface area contributed by atoms with Crippen LogP contribution in [0.25, 0.3) is 0 Å². The molecule has 0 unspecified atom stereocenters. The van der Waals surface area contributed by atoms with Gasteiger partial charge >= 0.3 is 11.9 Å². The number of carboxylic acids is 1. The average molecular weight is 274 g/mol. The Balaban J connectivity index is 2.85. The summed E-state index contributed by atoms with van der Waals surface area (Å²) in [7, 11) is 0. The lowest BCUT2D eigenvalue weighted by molar-refractivity contribution is -0.137. The van der Waals surface area contributed by atoms with Crippen molar-refractivity contribution < 1.29 is 19.4 Å². The van der Waals surface area contributed by atoms with Crippen LogP contribution in [0.15, 0.2) is 6.20 Å². The molecule has 2 N–H and O–H groups in total.